The van der Waals surface area contributed by atoms with Crippen molar-refractivity contribution in [3.63, 3.8) is 0 Å². The van der Waals surface area contributed by atoms with Crippen LogP contribution >= 0.6 is 8.03 Å². The highest BCUT2D eigenvalue weighted by Crippen LogP contribution is 2.39. The van der Waals surface area contributed by atoms with Gasteiger partial charge in [0.15, 0.2) is 9.84 Å². The van der Waals surface area contributed by atoms with E-state index in [9.17, 15) is 28.0 Å². The lowest BCUT2D eigenvalue weighted by Gasteiger charge is -2.25. The van der Waals surface area contributed by atoms with E-state index >= 15 is 0 Å². The van der Waals surface area contributed by atoms with Crippen LogP contribution in [-0.2, 0) is 28.5 Å². The molecule has 4 atom stereocenters. The zero-order valence-corrected chi connectivity index (χ0v) is 26.2. The van der Waals surface area contributed by atoms with Crippen molar-refractivity contribution in [2.75, 3.05) is 19.0 Å². The third kappa shape index (κ3) is 15.9. The molecule has 2 N–H and O–H groups in total. The molecule has 0 bridgehead atoms. The minimum absolute atomic E-state index is 0.0357. The van der Waals surface area contributed by atoms with Gasteiger partial charge in [0.1, 0.15) is 13.2 Å². The summed E-state index contributed by atoms with van der Waals surface area (Å²) in [6.45, 7) is 6.92. The predicted octanol–water partition coefficient (Wildman–Crippen LogP) is 7.40. The maximum Gasteiger partial charge on any atom is 0.558 e. The Kier molecular flexibility index (Phi) is 21.8. The summed E-state index contributed by atoms with van der Waals surface area (Å²) in [6, 6.07) is 0. The van der Waals surface area contributed by atoms with Crippen LogP contribution in [0.4, 0.5) is 0 Å². The fourth-order valence-corrected chi connectivity index (χ4v) is 7.42. The van der Waals surface area contributed by atoms with E-state index in [1.807, 2.05) is 0 Å². The molecule has 226 valence electrons. The highest BCUT2D eigenvalue weighted by atomic mass is 32.2. The summed E-state index contributed by atoms with van der Waals surface area (Å²) in [5.74, 6) is -1.65. The number of hydrogen-bond acceptors (Lipinski definition) is 7. The van der Waals surface area contributed by atoms with E-state index in [0.717, 1.165) is 51.4 Å². The summed E-state index contributed by atoms with van der Waals surface area (Å²) >= 11 is 0. The molecule has 0 heterocycles. The Morgan fingerprint density at radius 2 is 1.29 bits per heavy atom. The summed E-state index contributed by atoms with van der Waals surface area (Å²) in [7, 11) is -6.46. The zero-order valence-electron chi connectivity index (χ0n) is 24.5. The van der Waals surface area contributed by atoms with Crippen molar-refractivity contribution >= 4 is 23.8 Å². The van der Waals surface area contributed by atoms with Crippen molar-refractivity contribution < 1.29 is 37.3 Å². The molecule has 0 saturated carbocycles. The quantitative estimate of drug-likeness (QED) is 0.0756. The number of ether oxygens (including phenoxy) is 1. The first kappa shape index (κ1) is 37.4. The second kappa shape index (κ2) is 22.1. The molecule has 0 aliphatic carbocycles. The lowest BCUT2D eigenvalue weighted by molar-refractivity contribution is -0.156. The molecule has 0 aromatic rings. The van der Waals surface area contributed by atoms with Crippen LogP contribution in [0.2, 0.25) is 0 Å². The topological polar surface area (TPSA) is 127 Å². The van der Waals surface area contributed by atoms with Gasteiger partial charge in [0.2, 0.25) is 0 Å². The Morgan fingerprint density at radius 3 is 1.76 bits per heavy atom. The van der Waals surface area contributed by atoms with Gasteiger partial charge in [-0.05, 0) is 30.8 Å². The summed E-state index contributed by atoms with van der Waals surface area (Å²) in [5.41, 5.74) is 0. The van der Waals surface area contributed by atoms with Crippen LogP contribution in [0.5, 0.6) is 0 Å². The van der Waals surface area contributed by atoms with Gasteiger partial charge in [-0.25, -0.2) is 13.2 Å². The number of carbonyl (C=O) groups is 1. The van der Waals surface area contributed by atoms with E-state index in [0.29, 0.717) is 19.3 Å². The van der Waals surface area contributed by atoms with Crippen molar-refractivity contribution in [2.24, 2.45) is 0 Å². The molecule has 8 nitrogen and oxygen atoms in total. The van der Waals surface area contributed by atoms with Crippen LogP contribution < -0.4 is 0 Å². The second-order valence-electron chi connectivity index (χ2n) is 10.5. The van der Waals surface area contributed by atoms with Gasteiger partial charge < -0.3 is 14.9 Å². The van der Waals surface area contributed by atoms with E-state index in [4.69, 9.17) is 9.26 Å². The lowest BCUT2D eigenvalue weighted by atomic mass is 10.1. The minimum Gasteiger partial charge on any atom is -0.476 e. The van der Waals surface area contributed by atoms with E-state index in [-0.39, 0.29) is 12.4 Å². The number of carboxylic acid groups (broad SMARTS) is 1. The Hall–Kier alpha value is -0.600. The number of aliphatic hydroxyl groups is 1. The van der Waals surface area contributed by atoms with Gasteiger partial charge in [0.05, 0.1) is 17.1 Å². The summed E-state index contributed by atoms with van der Waals surface area (Å²) in [5, 5.41) is 16.5. The monoisotopic (exact) mass is 583 g/mol. The molecule has 0 fully saturated rings. The van der Waals surface area contributed by atoms with E-state index in [1.54, 1.807) is 13.8 Å². The molecule has 0 spiro atoms. The first-order valence-electron chi connectivity index (χ1n) is 15.0. The normalized spacial score (nSPS) is 15.7. The lowest BCUT2D eigenvalue weighted by Crippen LogP contribution is -2.44. The molecule has 0 aromatic heterocycles. The molecule has 0 saturated heterocycles. The number of hydrogen-bond donors (Lipinski definition) is 2. The van der Waals surface area contributed by atoms with Crippen molar-refractivity contribution in [2.45, 2.75) is 154 Å². The van der Waals surface area contributed by atoms with Crippen LogP contribution in [-0.4, -0.2) is 60.3 Å². The molecule has 0 aliphatic heterocycles. The zero-order chi connectivity index (χ0) is 28.9. The van der Waals surface area contributed by atoms with Crippen molar-refractivity contribution in [3.05, 3.63) is 0 Å². The molecule has 0 aromatic carbocycles. The van der Waals surface area contributed by atoms with Crippen LogP contribution in [0.15, 0.2) is 0 Å². The van der Waals surface area contributed by atoms with Gasteiger partial charge in [0, 0.05) is 0 Å². The van der Waals surface area contributed by atoms with Gasteiger partial charge in [-0.15, -0.1) is 4.52 Å². The van der Waals surface area contributed by atoms with Crippen molar-refractivity contribution in [1.29, 1.82) is 0 Å². The molecular weight excluding hydrogens is 527 g/mol. The Labute approximate surface area is 233 Å². The summed E-state index contributed by atoms with van der Waals surface area (Å²) in [4.78, 5) is 11.7. The third-order valence-corrected chi connectivity index (χ3v) is 10.7. The average Bonchev–Trinajstić information content (AvgIpc) is 2.88. The Morgan fingerprint density at radius 1 is 0.816 bits per heavy atom. The molecule has 38 heavy (non-hydrogen) atoms. The van der Waals surface area contributed by atoms with Gasteiger partial charge in [-0.2, -0.15) is 0 Å². The minimum atomic E-state index is -3.50. The summed E-state index contributed by atoms with van der Waals surface area (Å²) < 4.78 is 49.6. The fourth-order valence-electron chi connectivity index (χ4n) is 4.43. The first-order chi connectivity index (χ1) is 18.1. The maximum atomic E-state index is 13.3. The number of sulfone groups is 1. The molecule has 0 rings (SSSR count). The molecule has 0 amide bonds. The van der Waals surface area contributed by atoms with Crippen LogP contribution in [0.3, 0.4) is 0 Å². The number of rotatable bonds is 27. The van der Waals surface area contributed by atoms with Crippen LogP contribution in [0.25, 0.3) is 0 Å². The van der Waals surface area contributed by atoms with Gasteiger partial charge in [-0.1, -0.05) is 111 Å². The molecule has 0 radical (unpaired) electrons. The van der Waals surface area contributed by atoms with Crippen molar-refractivity contribution in [1.82, 2.24) is 0 Å². The molecule has 4 unspecified atom stereocenters. The fraction of sp³-hybridized carbons (Fsp3) is 0.964. The van der Waals surface area contributed by atoms with Gasteiger partial charge >= 0.3 is 19.3 Å². The Bertz CT molecular complexity index is 730. The highest BCUT2D eigenvalue weighted by molar-refractivity contribution is 7.92. The van der Waals surface area contributed by atoms with Crippen LogP contribution in [0.1, 0.15) is 137 Å². The van der Waals surface area contributed by atoms with Crippen molar-refractivity contribution in [3.8, 4) is 0 Å². The van der Waals surface area contributed by atoms with E-state index in [2.05, 4.69) is 13.8 Å². The van der Waals surface area contributed by atoms with Crippen LogP contribution in [0, 0.1) is 0 Å². The standard InChI is InChI=1S/C28H55O8PS/c1-5-8-10-12-13-14-15-16-18-20-23-38(33,34)26(21-19-17-11-9-6-2)25(4)35-24-28(31,27(29)30)37(32)36-22-7-3/h25-26,31H,5-24H2,1-4H3/p+1. The Balaban J connectivity index is 5.01. The van der Waals surface area contributed by atoms with Gasteiger partial charge in [-0.3, -0.25) is 0 Å². The summed E-state index contributed by atoms with van der Waals surface area (Å²) in [6.07, 6.45) is 16.1. The predicted molar refractivity (Wildman–Crippen MR) is 155 cm³/mol. The third-order valence-electron chi connectivity index (χ3n) is 6.96. The van der Waals surface area contributed by atoms with Gasteiger partial charge in [0.25, 0.3) is 0 Å². The van der Waals surface area contributed by atoms with E-state index < -0.39 is 47.1 Å². The molecule has 10 heteroatoms. The van der Waals surface area contributed by atoms with E-state index in [1.165, 1.54) is 38.5 Å². The number of carboxylic acids is 1. The SMILES string of the molecule is CCCCCCCCCCCCS(=O)(=O)C(CCCCCCC)C(C)OCC(O)(C(=O)O)[P+](=O)OCCC. The molecule has 0 aliphatic rings. The highest BCUT2D eigenvalue weighted by Gasteiger charge is 2.59. The second-order valence-corrected chi connectivity index (χ2v) is 14.4. The smallest absolute Gasteiger partial charge is 0.476 e. The average molecular weight is 584 g/mol. The molecular formula is C28H56O8PS+. The number of aliphatic carboxylic acids is 1. The maximum absolute atomic E-state index is 13.3. The first-order valence-corrected chi connectivity index (χ1v) is 17.8. The largest absolute Gasteiger partial charge is 0.558 e. The number of unbranched alkanes of at least 4 members (excludes halogenated alkanes) is 13.